The molecule has 3 aromatic rings. The second-order valence-electron chi connectivity index (χ2n) is 6.48. The number of methoxy groups -OCH3 is 1. The molecule has 4 nitrogen and oxygen atoms in total. The van der Waals surface area contributed by atoms with Crippen LogP contribution in [0.2, 0.25) is 15.1 Å². The van der Waals surface area contributed by atoms with E-state index in [-0.39, 0.29) is 11.6 Å². The summed E-state index contributed by atoms with van der Waals surface area (Å²) in [6.07, 6.45) is 1.65. The lowest BCUT2D eigenvalue weighted by molar-refractivity contribution is -0.113. The van der Waals surface area contributed by atoms with Gasteiger partial charge in [0.15, 0.2) is 0 Å². The topological polar surface area (TPSA) is 41.9 Å². The molecular weight excluding hydrogens is 443 g/mol. The van der Waals surface area contributed by atoms with Crippen LogP contribution in [0.15, 0.2) is 77.4 Å². The molecule has 30 heavy (non-hydrogen) atoms. The molecule has 0 saturated heterocycles. The molecule has 1 amide bonds. The molecule has 0 atom stereocenters. The summed E-state index contributed by atoms with van der Waals surface area (Å²) in [4.78, 5) is 19.5. The molecule has 0 aliphatic carbocycles. The Bertz CT molecular complexity index is 1170. The van der Waals surface area contributed by atoms with E-state index in [4.69, 9.17) is 39.5 Å². The van der Waals surface area contributed by atoms with Crippen molar-refractivity contribution in [1.29, 1.82) is 0 Å². The lowest BCUT2D eigenvalue weighted by Crippen LogP contribution is -2.32. The minimum atomic E-state index is -0.267. The first-order valence-corrected chi connectivity index (χ1v) is 10.1. The summed E-state index contributed by atoms with van der Waals surface area (Å²) in [5.74, 6) is 0.924. The highest BCUT2D eigenvalue weighted by Gasteiger charge is 2.32. The predicted octanol–water partition coefficient (Wildman–Crippen LogP) is 6.49. The average Bonchev–Trinajstić information content (AvgIpc) is 3.07. The minimum Gasteiger partial charge on any atom is -0.497 e. The van der Waals surface area contributed by atoms with Gasteiger partial charge < -0.3 is 4.74 Å². The van der Waals surface area contributed by atoms with E-state index in [1.54, 1.807) is 72.7 Å². The first-order valence-electron chi connectivity index (χ1n) is 8.96. The second kappa shape index (κ2) is 8.52. The monoisotopic (exact) mass is 456 g/mol. The number of carbonyl (C=O) groups is 1. The van der Waals surface area contributed by atoms with Crippen LogP contribution in [-0.2, 0) is 4.79 Å². The predicted molar refractivity (Wildman–Crippen MR) is 123 cm³/mol. The van der Waals surface area contributed by atoms with Crippen LogP contribution in [0.25, 0.3) is 6.08 Å². The Labute approximate surface area is 189 Å². The molecule has 1 aliphatic heterocycles. The number of aliphatic imine (C=N–C) groups is 1. The van der Waals surface area contributed by atoms with Gasteiger partial charge in [-0.05, 0) is 72.3 Å². The van der Waals surface area contributed by atoms with Gasteiger partial charge in [-0.1, -0.05) is 40.9 Å². The molecule has 0 radical (unpaired) electrons. The summed E-state index contributed by atoms with van der Waals surface area (Å²) in [6.45, 7) is 0. The van der Waals surface area contributed by atoms with E-state index >= 15 is 0 Å². The lowest BCUT2D eigenvalue weighted by Gasteiger charge is -2.19. The summed E-state index contributed by atoms with van der Waals surface area (Å²) in [6, 6.07) is 19.4. The first kappa shape index (κ1) is 20.5. The van der Waals surface area contributed by atoms with Crippen LogP contribution in [0.3, 0.4) is 0 Å². The van der Waals surface area contributed by atoms with E-state index in [2.05, 4.69) is 4.99 Å². The van der Waals surface area contributed by atoms with Crippen molar-refractivity contribution in [2.75, 3.05) is 12.0 Å². The van der Waals surface area contributed by atoms with Gasteiger partial charge in [-0.2, -0.15) is 0 Å². The van der Waals surface area contributed by atoms with Gasteiger partial charge in [-0.25, -0.2) is 4.99 Å². The van der Waals surface area contributed by atoms with E-state index in [9.17, 15) is 4.79 Å². The highest BCUT2D eigenvalue weighted by molar-refractivity contribution is 6.36. The minimum absolute atomic E-state index is 0.264. The zero-order valence-corrected chi connectivity index (χ0v) is 18.0. The highest BCUT2D eigenvalue weighted by Crippen LogP contribution is 2.31. The Morgan fingerprint density at radius 3 is 2.20 bits per heavy atom. The molecule has 7 heteroatoms. The van der Waals surface area contributed by atoms with Gasteiger partial charge in [0.2, 0.25) is 0 Å². The number of nitrogens with zero attached hydrogens (tertiary/aromatic N) is 2. The Kier molecular flexibility index (Phi) is 5.82. The fourth-order valence-corrected chi connectivity index (χ4v) is 3.63. The van der Waals surface area contributed by atoms with Crippen LogP contribution in [0.1, 0.15) is 11.1 Å². The van der Waals surface area contributed by atoms with Crippen molar-refractivity contribution in [1.82, 2.24) is 0 Å². The zero-order chi connectivity index (χ0) is 21.3. The fourth-order valence-electron chi connectivity index (χ4n) is 3.05. The third kappa shape index (κ3) is 4.08. The van der Waals surface area contributed by atoms with Crippen LogP contribution in [0, 0.1) is 0 Å². The molecule has 0 saturated carbocycles. The largest absolute Gasteiger partial charge is 0.497 e. The molecule has 150 valence electrons. The highest BCUT2D eigenvalue weighted by atomic mass is 35.5. The quantitative estimate of drug-likeness (QED) is 0.420. The second-order valence-corrected chi connectivity index (χ2v) is 7.76. The van der Waals surface area contributed by atoms with Gasteiger partial charge in [-0.3, -0.25) is 9.69 Å². The van der Waals surface area contributed by atoms with E-state index in [0.29, 0.717) is 37.9 Å². The Morgan fingerprint density at radius 1 is 0.900 bits per heavy atom. The van der Waals surface area contributed by atoms with Gasteiger partial charge in [0.25, 0.3) is 5.91 Å². The van der Waals surface area contributed by atoms with E-state index in [1.165, 1.54) is 0 Å². The number of anilines is 1. The number of rotatable bonds is 4. The van der Waals surface area contributed by atoms with Gasteiger partial charge in [0.05, 0.1) is 12.8 Å². The van der Waals surface area contributed by atoms with Gasteiger partial charge >= 0.3 is 0 Å². The fraction of sp³-hybridized carbons (Fsp3) is 0.0435. The smallest absolute Gasteiger partial charge is 0.282 e. The van der Waals surface area contributed by atoms with E-state index in [0.717, 1.165) is 5.56 Å². The number of hydrogen-bond donors (Lipinski definition) is 0. The summed E-state index contributed by atoms with van der Waals surface area (Å²) in [5.41, 5.74) is 2.34. The molecule has 0 unspecified atom stereocenters. The lowest BCUT2D eigenvalue weighted by atomic mass is 10.1. The van der Waals surface area contributed by atoms with Gasteiger partial charge in [0, 0.05) is 20.6 Å². The van der Waals surface area contributed by atoms with Crippen molar-refractivity contribution >= 4 is 58.3 Å². The summed E-state index contributed by atoms with van der Waals surface area (Å²) in [5, 5.41) is 1.56. The Balaban J connectivity index is 1.81. The molecule has 1 heterocycles. The number of ether oxygens (including phenoxy) is 1. The number of benzene rings is 3. The van der Waals surface area contributed by atoms with Crippen LogP contribution in [0.5, 0.6) is 5.75 Å². The molecule has 0 spiro atoms. The summed E-state index contributed by atoms with van der Waals surface area (Å²) >= 11 is 18.3. The number of hydrogen-bond acceptors (Lipinski definition) is 3. The Morgan fingerprint density at radius 2 is 1.57 bits per heavy atom. The standard InChI is InChI=1S/C23H15Cl3N2O2/c1-30-19-10-8-18(9-11-19)28-22(14-2-5-16(24)6-3-14)27-21(23(28)29)12-15-4-7-17(25)13-20(15)26/h2-13H,1H3/b21-12+. The normalized spacial score (nSPS) is 14.9. The molecule has 0 fully saturated rings. The molecule has 0 N–H and O–H groups in total. The average molecular weight is 458 g/mol. The molecule has 4 rings (SSSR count). The number of amidine groups is 1. The number of halogens is 3. The van der Waals surface area contributed by atoms with Crippen molar-refractivity contribution in [2.45, 2.75) is 0 Å². The van der Waals surface area contributed by atoms with Crippen LogP contribution in [0.4, 0.5) is 5.69 Å². The number of amides is 1. The third-order valence-corrected chi connectivity index (χ3v) is 5.36. The Hall–Kier alpha value is -2.79. The summed E-state index contributed by atoms with van der Waals surface area (Å²) in [7, 11) is 1.59. The van der Waals surface area contributed by atoms with Crippen molar-refractivity contribution in [2.24, 2.45) is 4.99 Å². The van der Waals surface area contributed by atoms with Gasteiger partial charge in [0.1, 0.15) is 17.3 Å². The van der Waals surface area contributed by atoms with Crippen molar-refractivity contribution in [3.63, 3.8) is 0 Å². The van der Waals surface area contributed by atoms with Crippen LogP contribution >= 0.6 is 34.8 Å². The third-order valence-electron chi connectivity index (χ3n) is 4.55. The molecule has 1 aliphatic rings. The zero-order valence-electron chi connectivity index (χ0n) is 15.8. The molecular formula is C23H15Cl3N2O2. The molecule has 0 bridgehead atoms. The van der Waals surface area contributed by atoms with Crippen LogP contribution in [-0.4, -0.2) is 18.9 Å². The van der Waals surface area contributed by atoms with Crippen molar-refractivity contribution < 1.29 is 9.53 Å². The number of carbonyl (C=O) groups excluding carboxylic acids is 1. The SMILES string of the molecule is COc1ccc(N2C(=O)/C(=C\c3ccc(Cl)cc3Cl)N=C2c2ccc(Cl)cc2)cc1. The van der Waals surface area contributed by atoms with Crippen LogP contribution < -0.4 is 9.64 Å². The molecule has 0 aromatic heterocycles. The maximum atomic E-state index is 13.3. The van der Waals surface area contributed by atoms with E-state index < -0.39 is 0 Å². The van der Waals surface area contributed by atoms with Crippen molar-refractivity contribution in [3.8, 4) is 5.75 Å². The maximum absolute atomic E-state index is 13.3. The first-order chi connectivity index (χ1) is 14.5. The van der Waals surface area contributed by atoms with E-state index in [1.807, 2.05) is 12.1 Å². The molecule has 3 aromatic carbocycles. The summed E-state index contributed by atoms with van der Waals surface area (Å²) < 4.78 is 5.22. The maximum Gasteiger partial charge on any atom is 0.282 e. The van der Waals surface area contributed by atoms with Crippen molar-refractivity contribution in [3.05, 3.63) is 98.6 Å². The van der Waals surface area contributed by atoms with Gasteiger partial charge in [-0.15, -0.1) is 0 Å².